The lowest BCUT2D eigenvalue weighted by Gasteiger charge is -2.33. The number of aromatic nitrogens is 1. The van der Waals surface area contributed by atoms with Crippen LogP contribution in [-0.2, 0) is 4.74 Å². The van der Waals surface area contributed by atoms with Gasteiger partial charge in [0.15, 0.2) is 5.78 Å². The molecule has 0 aromatic carbocycles. The van der Waals surface area contributed by atoms with Gasteiger partial charge in [0.05, 0.1) is 0 Å². The second kappa shape index (κ2) is 14.7. The number of hydrogen-bond donors (Lipinski definition) is 0. The second-order valence-electron chi connectivity index (χ2n) is 14.4. The van der Waals surface area contributed by atoms with Crippen LogP contribution in [-0.4, -0.2) is 23.0 Å². The summed E-state index contributed by atoms with van der Waals surface area (Å²) >= 11 is 0. The summed E-state index contributed by atoms with van der Waals surface area (Å²) in [4.78, 5) is 17.6. The van der Waals surface area contributed by atoms with Gasteiger partial charge in [-0.15, -0.1) is 0 Å². The van der Waals surface area contributed by atoms with Crippen LogP contribution < -0.4 is 0 Å². The Morgan fingerprint density at radius 3 is 2.57 bits per heavy atom. The van der Waals surface area contributed by atoms with E-state index in [1.165, 1.54) is 50.7 Å². The summed E-state index contributed by atoms with van der Waals surface area (Å²) in [5.41, 5.74) is 11.2. The highest BCUT2D eigenvalue weighted by atomic mass is 19.1. The van der Waals surface area contributed by atoms with Crippen LogP contribution in [0.3, 0.4) is 0 Å². The summed E-state index contributed by atoms with van der Waals surface area (Å²) in [6, 6.07) is 4.08. The van der Waals surface area contributed by atoms with Crippen LogP contribution >= 0.6 is 0 Å². The standard InChI is InChI=1S/C42H54FNO2/c1-8-10-11-40(45)34-14-17-39(44-25-34)37-16-13-33(23-32-18-20-42(43,9-2)21-19-32)38-24-35(22-27(3)12-15-36(38)30(37)6)41-29(5)28(4)26-46-31(41)7/h9,13-14,17,22,24-25,30,32,37H,2,8,10-12,15-16,18-21,23,26H2,1,3-7H3. The number of alkyl halides is 1. The highest BCUT2D eigenvalue weighted by molar-refractivity contribution is 5.95. The Kier molecular flexibility index (Phi) is 10.9. The van der Waals surface area contributed by atoms with Crippen LogP contribution in [0.15, 0.2) is 99.6 Å². The molecule has 5 rings (SSSR count). The molecule has 0 N–H and O–H groups in total. The number of ether oxygens (including phenoxy) is 1. The molecule has 0 bridgehead atoms. The molecule has 1 aromatic rings. The number of halogens is 1. The van der Waals surface area contributed by atoms with Gasteiger partial charge in [-0.25, -0.2) is 4.39 Å². The first-order valence-electron chi connectivity index (χ1n) is 17.7. The third-order valence-corrected chi connectivity index (χ3v) is 11.2. The number of hydrogen-bond acceptors (Lipinski definition) is 3. The molecule has 0 radical (unpaired) electrons. The van der Waals surface area contributed by atoms with Gasteiger partial charge in [0, 0.05) is 35.4 Å². The molecule has 1 saturated carbocycles. The molecule has 3 nitrogen and oxygen atoms in total. The molecule has 1 fully saturated rings. The molecule has 4 heteroatoms. The van der Waals surface area contributed by atoms with E-state index in [1.54, 1.807) is 6.20 Å². The number of rotatable bonds is 9. The predicted molar refractivity (Wildman–Crippen MR) is 188 cm³/mol. The topological polar surface area (TPSA) is 39.2 Å². The minimum absolute atomic E-state index is 0.180. The molecular weight excluding hydrogens is 569 g/mol. The third-order valence-electron chi connectivity index (χ3n) is 11.2. The van der Waals surface area contributed by atoms with Crippen LogP contribution in [0.2, 0.25) is 0 Å². The number of nitrogens with zero attached hydrogens (tertiary/aromatic N) is 1. The number of unbranched alkanes of at least 4 members (excludes halogenated alkanes) is 1. The fraction of sp³-hybridized carbons (Fsp3) is 0.524. The summed E-state index contributed by atoms with van der Waals surface area (Å²) < 4.78 is 21.3. The van der Waals surface area contributed by atoms with Crippen molar-refractivity contribution in [1.82, 2.24) is 4.98 Å². The summed E-state index contributed by atoms with van der Waals surface area (Å²) in [5.74, 6) is 2.11. The lowest BCUT2D eigenvalue weighted by Crippen LogP contribution is -2.27. The predicted octanol–water partition coefficient (Wildman–Crippen LogP) is 11.6. The van der Waals surface area contributed by atoms with Crippen LogP contribution in [0.4, 0.5) is 4.39 Å². The Hall–Kier alpha value is -3.27. The van der Waals surface area contributed by atoms with Gasteiger partial charge in [0.2, 0.25) is 0 Å². The molecule has 3 aliphatic carbocycles. The second-order valence-corrected chi connectivity index (χ2v) is 14.4. The van der Waals surface area contributed by atoms with Gasteiger partial charge in [-0.05, 0) is 143 Å². The molecular formula is C42H54FNO2. The minimum Gasteiger partial charge on any atom is -0.493 e. The van der Waals surface area contributed by atoms with Gasteiger partial charge in [-0.2, -0.15) is 0 Å². The van der Waals surface area contributed by atoms with Crippen molar-refractivity contribution in [2.45, 2.75) is 124 Å². The Labute approximate surface area is 277 Å². The maximum Gasteiger partial charge on any atom is 0.164 e. The fourth-order valence-electron chi connectivity index (χ4n) is 7.85. The first-order chi connectivity index (χ1) is 22.0. The molecule has 1 aromatic heterocycles. The van der Waals surface area contributed by atoms with E-state index in [1.807, 2.05) is 6.07 Å². The molecule has 0 saturated heterocycles. The Morgan fingerprint density at radius 1 is 1.13 bits per heavy atom. The summed E-state index contributed by atoms with van der Waals surface area (Å²) in [5, 5.41) is 0. The lowest BCUT2D eigenvalue weighted by molar-refractivity contribution is 0.0979. The Morgan fingerprint density at radius 2 is 1.89 bits per heavy atom. The molecule has 4 aliphatic rings. The SMILES string of the molecule is C=CC1(F)CCC(CC2=CCC(c3ccc(C(=O)CCCC)cn3)C(C)C3=C2C=C(C2=C(C)OCC(C)=C2C)C=C(C)CC3)CC1. The van der Waals surface area contributed by atoms with Crippen molar-refractivity contribution in [3.8, 4) is 0 Å². The van der Waals surface area contributed by atoms with Crippen LogP contribution in [0.5, 0.6) is 0 Å². The van der Waals surface area contributed by atoms with Crippen LogP contribution in [0.25, 0.3) is 0 Å². The fourth-order valence-corrected chi connectivity index (χ4v) is 7.85. The molecule has 2 unspecified atom stereocenters. The van der Waals surface area contributed by atoms with Crippen molar-refractivity contribution in [3.63, 3.8) is 0 Å². The van der Waals surface area contributed by atoms with E-state index < -0.39 is 5.67 Å². The number of carbonyl (C=O) groups is 1. The van der Waals surface area contributed by atoms with Crippen LogP contribution in [0.1, 0.15) is 134 Å². The lowest BCUT2D eigenvalue weighted by atomic mass is 9.75. The van der Waals surface area contributed by atoms with Crippen LogP contribution in [0, 0.1) is 11.8 Å². The minimum atomic E-state index is -1.23. The van der Waals surface area contributed by atoms with Gasteiger partial charge in [0.25, 0.3) is 0 Å². The molecule has 0 spiro atoms. The summed E-state index contributed by atoms with van der Waals surface area (Å²) in [7, 11) is 0. The van der Waals surface area contributed by atoms with Gasteiger partial charge in [0.1, 0.15) is 18.0 Å². The van der Waals surface area contributed by atoms with E-state index in [-0.39, 0.29) is 17.6 Å². The Balaban J connectivity index is 1.57. The van der Waals surface area contributed by atoms with Crippen molar-refractivity contribution in [2.75, 3.05) is 6.61 Å². The Bertz CT molecular complexity index is 1520. The molecule has 2 heterocycles. The van der Waals surface area contributed by atoms with Crippen molar-refractivity contribution in [2.24, 2.45) is 11.8 Å². The van der Waals surface area contributed by atoms with E-state index in [9.17, 15) is 4.79 Å². The smallest absolute Gasteiger partial charge is 0.164 e. The normalized spacial score (nSPS) is 27.5. The zero-order valence-corrected chi connectivity index (χ0v) is 29.1. The molecule has 246 valence electrons. The first-order valence-corrected chi connectivity index (χ1v) is 17.7. The molecule has 1 aliphatic heterocycles. The van der Waals surface area contributed by atoms with Gasteiger partial charge >= 0.3 is 0 Å². The third kappa shape index (κ3) is 7.48. The van der Waals surface area contributed by atoms with E-state index in [2.05, 4.69) is 72.4 Å². The number of pyridine rings is 1. The molecule has 0 amide bonds. The number of Topliss-reactive ketones (excluding diaryl/α,β-unsaturated/α-hetero) is 1. The van der Waals surface area contributed by atoms with Crippen molar-refractivity contribution in [3.05, 3.63) is 111 Å². The zero-order valence-electron chi connectivity index (χ0n) is 29.1. The first kappa shape index (κ1) is 34.1. The quantitative estimate of drug-likeness (QED) is 0.203. The van der Waals surface area contributed by atoms with Crippen molar-refractivity contribution >= 4 is 5.78 Å². The van der Waals surface area contributed by atoms with E-state index in [0.29, 0.717) is 37.4 Å². The van der Waals surface area contributed by atoms with Gasteiger partial charge in [-0.3, -0.25) is 9.78 Å². The van der Waals surface area contributed by atoms with E-state index in [0.717, 1.165) is 62.8 Å². The average Bonchev–Trinajstić information content (AvgIpc) is 3.16. The average molecular weight is 624 g/mol. The highest BCUT2D eigenvalue weighted by Crippen LogP contribution is 2.47. The monoisotopic (exact) mass is 623 g/mol. The van der Waals surface area contributed by atoms with Gasteiger partial charge < -0.3 is 4.74 Å². The maximum atomic E-state index is 15.1. The summed E-state index contributed by atoms with van der Waals surface area (Å²) in [6.07, 6.45) is 19.8. The maximum absolute atomic E-state index is 15.1. The summed E-state index contributed by atoms with van der Waals surface area (Å²) in [6.45, 7) is 17.7. The number of carbonyl (C=O) groups excluding carboxylic acids is 1. The van der Waals surface area contributed by atoms with E-state index >= 15 is 4.39 Å². The molecule has 46 heavy (non-hydrogen) atoms. The highest BCUT2D eigenvalue weighted by Gasteiger charge is 2.35. The van der Waals surface area contributed by atoms with Gasteiger partial charge in [-0.1, -0.05) is 56.2 Å². The number of ketones is 1. The van der Waals surface area contributed by atoms with E-state index in [4.69, 9.17) is 9.72 Å². The van der Waals surface area contributed by atoms with Crippen molar-refractivity contribution in [1.29, 1.82) is 0 Å². The number of allylic oxidation sites excluding steroid dienone is 12. The van der Waals surface area contributed by atoms with Crippen molar-refractivity contribution < 1.29 is 13.9 Å². The largest absolute Gasteiger partial charge is 0.493 e. The zero-order chi connectivity index (χ0) is 33.0. The molecule has 2 atom stereocenters.